The van der Waals surface area contributed by atoms with Gasteiger partial charge in [-0.15, -0.1) is 0 Å². The number of rotatable bonds is 4. The van der Waals surface area contributed by atoms with Crippen molar-refractivity contribution in [2.75, 3.05) is 14.2 Å². The number of allylic oxidation sites excluding steroid dienone is 1. The number of hydrogen-bond acceptors (Lipinski definition) is 3. The summed E-state index contributed by atoms with van der Waals surface area (Å²) in [6.45, 7) is 0. The molecule has 2 aromatic carbocycles. The van der Waals surface area contributed by atoms with E-state index < -0.39 is 0 Å². The molecular formula is C17H15NO2. The fourth-order valence-electron chi connectivity index (χ4n) is 1.96. The van der Waals surface area contributed by atoms with Gasteiger partial charge in [0.15, 0.2) is 0 Å². The Bertz CT molecular complexity index is 632. The van der Waals surface area contributed by atoms with Crippen LogP contribution in [-0.4, -0.2) is 14.2 Å². The SMILES string of the molecule is COc1cccc(OC)c1/C=C(\C#N)c1ccccc1. The molecular weight excluding hydrogens is 250 g/mol. The highest BCUT2D eigenvalue weighted by molar-refractivity contribution is 5.91. The van der Waals surface area contributed by atoms with E-state index in [0.29, 0.717) is 17.1 Å². The summed E-state index contributed by atoms with van der Waals surface area (Å²) in [7, 11) is 3.20. The molecule has 0 saturated carbocycles. The summed E-state index contributed by atoms with van der Waals surface area (Å²) < 4.78 is 10.7. The molecule has 0 spiro atoms. The van der Waals surface area contributed by atoms with Crippen molar-refractivity contribution in [2.24, 2.45) is 0 Å². The molecule has 0 heterocycles. The molecule has 3 heteroatoms. The molecule has 20 heavy (non-hydrogen) atoms. The molecule has 0 radical (unpaired) electrons. The highest BCUT2D eigenvalue weighted by Gasteiger charge is 2.09. The summed E-state index contributed by atoms with van der Waals surface area (Å²) in [5.41, 5.74) is 2.19. The number of nitriles is 1. The minimum Gasteiger partial charge on any atom is -0.496 e. The van der Waals surface area contributed by atoms with E-state index in [-0.39, 0.29) is 0 Å². The second kappa shape index (κ2) is 6.44. The predicted molar refractivity (Wildman–Crippen MR) is 79.5 cm³/mol. The first-order valence-corrected chi connectivity index (χ1v) is 6.18. The van der Waals surface area contributed by atoms with Gasteiger partial charge in [0.1, 0.15) is 11.5 Å². The summed E-state index contributed by atoms with van der Waals surface area (Å²) in [5, 5.41) is 9.37. The normalized spacial score (nSPS) is 10.8. The zero-order valence-corrected chi connectivity index (χ0v) is 11.5. The van der Waals surface area contributed by atoms with Gasteiger partial charge in [0, 0.05) is 0 Å². The number of methoxy groups -OCH3 is 2. The van der Waals surface area contributed by atoms with Crippen molar-refractivity contribution in [1.29, 1.82) is 5.26 Å². The molecule has 0 aliphatic heterocycles. The summed E-state index contributed by atoms with van der Waals surface area (Å²) in [6, 6.07) is 17.3. The largest absolute Gasteiger partial charge is 0.496 e. The standard InChI is InChI=1S/C17H15NO2/c1-19-16-9-6-10-17(20-2)15(16)11-14(12-18)13-7-4-3-5-8-13/h3-11H,1-2H3/b14-11+. The third kappa shape index (κ3) is 2.81. The molecule has 0 unspecified atom stereocenters. The first-order chi connectivity index (χ1) is 9.80. The summed E-state index contributed by atoms with van der Waals surface area (Å²) >= 11 is 0. The van der Waals surface area contributed by atoms with Gasteiger partial charge in [0.2, 0.25) is 0 Å². The lowest BCUT2D eigenvalue weighted by atomic mass is 10.0. The Hall–Kier alpha value is -2.73. The zero-order valence-electron chi connectivity index (χ0n) is 11.5. The molecule has 2 rings (SSSR count). The van der Waals surface area contributed by atoms with Gasteiger partial charge in [-0.05, 0) is 23.8 Å². The number of benzene rings is 2. The summed E-state index contributed by atoms with van der Waals surface area (Å²) in [6.07, 6.45) is 1.78. The van der Waals surface area contributed by atoms with Crippen LogP contribution in [-0.2, 0) is 0 Å². The van der Waals surface area contributed by atoms with Gasteiger partial charge in [-0.25, -0.2) is 0 Å². The Balaban J connectivity index is 2.56. The molecule has 2 aromatic rings. The first-order valence-electron chi connectivity index (χ1n) is 6.18. The number of nitrogens with zero attached hydrogens (tertiary/aromatic N) is 1. The van der Waals surface area contributed by atoms with E-state index in [1.807, 2.05) is 48.5 Å². The second-order valence-corrected chi connectivity index (χ2v) is 4.11. The molecule has 0 aliphatic rings. The van der Waals surface area contributed by atoms with Gasteiger partial charge < -0.3 is 9.47 Å². The first kappa shape index (κ1) is 13.7. The molecule has 3 nitrogen and oxygen atoms in total. The Morgan fingerprint density at radius 3 is 2.05 bits per heavy atom. The van der Waals surface area contributed by atoms with Crippen molar-refractivity contribution in [2.45, 2.75) is 0 Å². The summed E-state index contributed by atoms with van der Waals surface area (Å²) in [5.74, 6) is 1.35. The van der Waals surface area contributed by atoms with E-state index >= 15 is 0 Å². The third-order valence-electron chi connectivity index (χ3n) is 2.96. The van der Waals surface area contributed by atoms with Crippen LogP contribution in [0.4, 0.5) is 0 Å². The van der Waals surface area contributed by atoms with E-state index in [2.05, 4.69) is 6.07 Å². The van der Waals surface area contributed by atoms with Gasteiger partial charge in [0.05, 0.1) is 31.4 Å². The van der Waals surface area contributed by atoms with E-state index in [4.69, 9.17) is 9.47 Å². The Morgan fingerprint density at radius 1 is 0.950 bits per heavy atom. The van der Waals surface area contributed by atoms with Crippen LogP contribution in [0.2, 0.25) is 0 Å². The maximum Gasteiger partial charge on any atom is 0.129 e. The van der Waals surface area contributed by atoms with E-state index in [9.17, 15) is 5.26 Å². The van der Waals surface area contributed by atoms with Crippen molar-refractivity contribution in [1.82, 2.24) is 0 Å². The van der Waals surface area contributed by atoms with Crippen LogP contribution in [0.1, 0.15) is 11.1 Å². The van der Waals surface area contributed by atoms with Gasteiger partial charge in [0.25, 0.3) is 0 Å². The van der Waals surface area contributed by atoms with Gasteiger partial charge in [-0.3, -0.25) is 0 Å². The fourth-order valence-corrected chi connectivity index (χ4v) is 1.96. The molecule has 0 atom stereocenters. The van der Waals surface area contributed by atoms with Crippen LogP contribution in [0.3, 0.4) is 0 Å². The van der Waals surface area contributed by atoms with Crippen LogP contribution in [0.25, 0.3) is 11.6 Å². The molecule has 0 N–H and O–H groups in total. The van der Waals surface area contributed by atoms with Crippen LogP contribution in [0.5, 0.6) is 11.5 Å². The van der Waals surface area contributed by atoms with Crippen molar-refractivity contribution in [3.05, 3.63) is 59.7 Å². The topological polar surface area (TPSA) is 42.2 Å². The molecule has 0 fully saturated rings. The predicted octanol–water partition coefficient (Wildman–Crippen LogP) is 3.77. The van der Waals surface area contributed by atoms with Crippen LogP contribution in [0, 0.1) is 11.3 Å². The molecule has 0 bridgehead atoms. The lowest BCUT2D eigenvalue weighted by molar-refractivity contribution is 0.392. The Morgan fingerprint density at radius 2 is 1.55 bits per heavy atom. The minimum atomic E-state index is 0.563. The zero-order chi connectivity index (χ0) is 14.4. The molecule has 0 aromatic heterocycles. The number of hydrogen-bond donors (Lipinski definition) is 0. The molecule has 0 saturated heterocycles. The molecule has 0 amide bonds. The van der Waals surface area contributed by atoms with Crippen LogP contribution in [0.15, 0.2) is 48.5 Å². The van der Waals surface area contributed by atoms with E-state index in [1.165, 1.54) is 0 Å². The van der Waals surface area contributed by atoms with Crippen molar-refractivity contribution >= 4 is 11.6 Å². The molecule has 100 valence electrons. The van der Waals surface area contributed by atoms with Gasteiger partial charge in [-0.1, -0.05) is 36.4 Å². The second-order valence-electron chi connectivity index (χ2n) is 4.11. The average Bonchev–Trinajstić information content (AvgIpc) is 2.53. The smallest absolute Gasteiger partial charge is 0.129 e. The Labute approximate surface area is 118 Å². The van der Waals surface area contributed by atoms with E-state index in [0.717, 1.165) is 11.1 Å². The van der Waals surface area contributed by atoms with Crippen molar-refractivity contribution < 1.29 is 9.47 Å². The Kier molecular flexibility index (Phi) is 4.41. The lowest BCUT2D eigenvalue weighted by Gasteiger charge is -2.10. The minimum absolute atomic E-state index is 0.563. The quantitative estimate of drug-likeness (QED) is 0.624. The maximum atomic E-state index is 9.37. The highest BCUT2D eigenvalue weighted by atomic mass is 16.5. The fraction of sp³-hybridized carbons (Fsp3) is 0.118. The monoisotopic (exact) mass is 265 g/mol. The van der Waals surface area contributed by atoms with Crippen LogP contribution < -0.4 is 9.47 Å². The van der Waals surface area contributed by atoms with Gasteiger partial charge >= 0.3 is 0 Å². The third-order valence-corrected chi connectivity index (χ3v) is 2.96. The lowest BCUT2D eigenvalue weighted by Crippen LogP contribution is -1.93. The van der Waals surface area contributed by atoms with Gasteiger partial charge in [-0.2, -0.15) is 5.26 Å². The van der Waals surface area contributed by atoms with Crippen molar-refractivity contribution in [3.8, 4) is 17.6 Å². The maximum absolute atomic E-state index is 9.37. The van der Waals surface area contributed by atoms with Crippen LogP contribution >= 0.6 is 0 Å². The highest BCUT2D eigenvalue weighted by Crippen LogP contribution is 2.32. The van der Waals surface area contributed by atoms with E-state index in [1.54, 1.807) is 20.3 Å². The van der Waals surface area contributed by atoms with Crippen molar-refractivity contribution in [3.63, 3.8) is 0 Å². The average molecular weight is 265 g/mol. The molecule has 0 aliphatic carbocycles. The number of ether oxygens (including phenoxy) is 2. The summed E-state index contributed by atoms with van der Waals surface area (Å²) in [4.78, 5) is 0.